The van der Waals surface area contributed by atoms with E-state index in [9.17, 15) is 0 Å². The molecule has 2 aromatic heterocycles. The summed E-state index contributed by atoms with van der Waals surface area (Å²) in [6.07, 6.45) is 0. The second-order valence-electron chi connectivity index (χ2n) is 16.2. The van der Waals surface area contributed by atoms with Crippen LogP contribution in [0, 0.1) is 0 Å². The zero-order valence-corrected chi connectivity index (χ0v) is 31.6. The second-order valence-corrected chi connectivity index (χ2v) is 20.5. The highest BCUT2D eigenvalue weighted by atomic mass is 28.3. The van der Waals surface area contributed by atoms with E-state index in [2.05, 4.69) is 192 Å². The van der Waals surface area contributed by atoms with E-state index >= 15 is 0 Å². The predicted octanol–water partition coefficient (Wildman–Crippen LogP) is 12.7. The highest BCUT2D eigenvalue weighted by Crippen LogP contribution is 2.41. The van der Waals surface area contributed by atoms with Gasteiger partial charge in [0.2, 0.25) is 0 Å². The molecule has 10 aromatic carbocycles. The number of benzene rings is 10. The van der Waals surface area contributed by atoms with Crippen LogP contribution in [0.2, 0.25) is 13.1 Å². The van der Waals surface area contributed by atoms with Crippen molar-refractivity contribution < 1.29 is 0 Å². The van der Waals surface area contributed by atoms with Gasteiger partial charge < -0.3 is 9.13 Å². The minimum atomic E-state index is -2.01. The molecule has 0 saturated carbocycles. The summed E-state index contributed by atoms with van der Waals surface area (Å²) in [6, 6.07) is 64.3. The molecule has 2 nitrogen and oxygen atoms in total. The van der Waals surface area contributed by atoms with Crippen molar-refractivity contribution >= 4 is 94.4 Å². The molecule has 0 atom stereocenters. The molecular weight excluding hydrogens is 681 g/mol. The van der Waals surface area contributed by atoms with Gasteiger partial charge in [-0.15, -0.1) is 0 Å². The highest BCUT2D eigenvalue weighted by molar-refractivity contribution is 7.03. The minimum Gasteiger partial charge on any atom is -0.309 e. The summed E-state index contributed by atoms with van der Waals surface area (Å²) >= 11 is 0. The van der Waals surface area contributed by atoms with E-state index in [0.29, 0.717) is 0 Å². The molecule has 0 saturated heterocycles. The third-order valence-electron chi connectivity index (χ3n) is 13.0. The Balaban J connectivity index is 0.898. The molecule has 13 rings (SSSR count). The van der Waals surface area contributed by atoms with E-state index < -0.39 is 8.07 Å². The third kappa shape index (κ3) is 3.83. The van der Waals surface area contributed by atoms with E-state index in [4.69, 9.17) is 0 Å². The standard InChI is InChI=1S/C52H34N2Si/c1-55(2)47-29-38(22-25-41(47)42-26-24-40(30-48(42)55)54-45-13-5-9-33-17-18-34-10-6-14-46(54)52(34)51(33)45)35-19-20-37-28-39(23-21-36(37)27-35)53-43-11-3-7-31-15-16-32-8-4-12-44(53)50(32)49(31)43/h3-30H,1-2H3. The molecule has 3 heterocycles. The zero-order valence-electron chi connectivity index (χ0n) is 30.6. The molecule has 0 aliphatic carbocycles. The van der Waals surface area contributed by atoms with Gasteiger partial charge in [0.05, 0.1) is 22.1 Å². The molecule has 55 heavy (non-hydrogen) atoms. The van der Waals surface area contributed by atoms with Crippen LogP contribution in [0.4, 0.5) is 0 Å². The molecule has 0 bridgehead atoms. The maximum atomic E-state index is 2.53. The number of rotatable bonds is 3. The van der Waals surface area contributed by atoms with Gasteiger partial charge in [0.1, 0.15) is 8.07 Å². The predicted molar refractivity (Wildman–Crippen MR) is 238 cm³/mol. The lowest BCUT2D eigenvalue weighted by atomic mass is 9.98. The Morgan fingerprint density at radius 1 is 0.327 bits per heavy atom. The van der Waals surface area contributed by atoms with E-state index in [1.807, 2.05) is 0 Å². The summed E-state index contributed by atoms with van der Waals surface area (Å²) in [5, 5.41) is 16.2. The van der Waals surface area contributed by atoms with Gasteiger partial charge in [-0.3, -0.25) is 0 Å². The molecule has 0 amide bonds. The largest absolute Gasteiger partial charge is 0.309 e. The van der Waals surface area contributed by atoms with Crippen LogP contribution in [-0.2, 0) is 0 Å². The van der Waals surface area contributed by atoms with Crippen molar-refractivity contribution in [2.45, 2.75) is 13.1 Å². The van der Waals surface area contributed by atoms with E-state index in [1.54, 1.807) is 0 Å². The first-order valence-corrected chi connectivity index (χ1v) is 22.3. The highest BCUT2D eigenvalue weighted by Gasteiger charge is 2.38. The first-order chi connectivity index (χ1) is 27.0. The van der Waals surface area contributed by atoms with Gasteiger partial charge in [0.25, 0.3) is 0 Å². The zero-order chi connectivity index (χ0) is 36.2. The van der Waals surface area contributed by atoms with Gasteiger partial charge in [-0.2, -0.15) is 0 Å². The van der Waals surface area contributed by atoms with Crippen LogP contribution in [0.15, 0.2) is 170 Å². The van der Waals surface area contributed by atoms with Crippen LogP contribution in [0.3, 0.4) is 0 Å². The van der Waals surface area contributed by atoms with Gasteiger partial charge in [0, 0.05) is 32.9 Å². The number of fused-ring (bicyclic) bond motifs is 4. The lowest BCUT2D eigenvalue weighted by Gasteiger charge is -2.20. The first kappa shape index (κ1) is 29.7. The summed E-state index contributed by atoms with van der Waals surface area (Å²) in [5.74, 6) is 0. The molecule has 0 fully saturated rings. The van der Waals surface area contributed by atoms with Gasteiger partial charge >= 0.3 is 0 Å². The average molecular weight is 715 g/mol. The fraction of sp³-hybridized carbons (Fsp3) is 0.0385. The fourth-order valence-electron chi connectivity index (χ4n) is 10.4. The van der Waals surface area contributed by atoms with Crippen molar-refractivity contribution in [3.8, 4) is 33.6 Å². The monoisotopic (exact) mass is 714 g/mol. The van der Waals surface area contributed by atoms with Gasteiger partial charge in [0.15, 0.2) is 0 Å². The van der Waals surface area contributed by atoms with Crippen molar-refractivity contribution in [1.29, 1.82) is 0 Å². The van der Waals surface area contributed by atoms with Crippen molar-refractivity contribution in [1.82, 2.24) is 9.13 Å². The van der Waals surface area contributed by atoms with Crippen molar-refractivity contribution in [3.05, 3.63) is 170 Å². The lowest BCUT2D eigenvalue weighted by molar-refractivity contribution is 1.18. The minimum absolute atomic E-state index is 1.20. The Morgan fingerprint density at radius 3 is 1.25 bits per heavy atom. The Morgan fingerprint density at radius 2 is 0.709 bits per heavy atom. The van der Waals surface area contributed by atoms with Crippen LogP contribution in [0.1, 0.15) is 0 Å². The van der Waals surface area contributed by atoms with E-state index in [1.165, 1.54) is 120 Å². The second kappa shape index (κ2) is 10.3. The molecule has 12 aromatic rings. The smallest absolute Gasteiger partial charge is 0.113 e. The van der Waals surface area contributed by atoms with Crippen LogP contribution in [0.5, 0.6) is 0 Å². The van der Waals surface area contributed by atoms with Crippen LogP contribution in [-0.4, -0.2) is 17.2 Å². The molecule has 3 heteroatoms. The molecule has 0 unspecified atom stereocenters. The van der Waals surface area contributed by atoms with Crippen molar-refractivity contribution in [2.24, 2.45) is 0 Å². The summed E-state index contributed by atoms with van der Waals surface area (Å²) in [5.41, 5.74) is 12.9. The van der Waals surface area contributed by atoms with Crippen LogP contribution in [0.25, 0.3) is 110 Å². The molecular formula is C52H34N2Si. The molecule has 0 radical (unpaired) electrons. The summed E-state index contributed by atoms with van der Waals surface area (Å²) in [4.78, 5) is 0. The van der Waals surface area contributed by atoms with Gasteiger partial charge in [-0.05, 0) is 120 Å². The summed E-state index contributed by atoms with van der Waals surface area (Å²) in [6.45, 7) is 5.07. The van der Waals surface area contributed by atoms with E-state index in [-0.39, 0.29) is 0 Å². The Hall–Kier alpha value is -6.68. The van der Waals surface area contributed by atoms with Crippen molar-refractivity contribution in [2.75, 3.05) is 0 Å². The molecule has 256 valence electrons. The Kier molecular flexibility index (Phi) is 5.56. The lowest BCUT2D eigenvalue weighted by Crippen LogP contribution is -2.49. The molecule has 0 N–H and O–H groups in total. The van der Waals surface area contributed by atoms with Gasteiger partial charge in [-0.1, -0.05) is 128 Å². The number of hydrogen-bond acceptors (Lipinski definition) is 0. The number of nitrogens with zero attached hydrogens (tertiary/aromatic N) is 2. The maximum absolute atomic E-state index is 2.53. The molecule has 0 spiro atoms. The van der Waals surface area contributed by atoms with E-state index in [0.717, 1.165) is 0 Å². The van der Waals surface area contributed by atoms with Crippen LogP contribution < -0.4 is 10.4 Å². The van der Waals surface area contributed by atoms with Crippen LogP contribution >= 0.6 is 0 Å². The van der Waals surface area contributed by atoms with Gasteiger partial charge in [-0.25, -0.2) is 0 Å². The SMILES string of the molecule is C[Si]1(C)c2cc(-c3ccc4cc(-n5c6cccc7ccc8cccc5c8c76)ccc4c3)ccc2-c2ccc(-n3c4cccc5ccc6cccc3c6c54)cc21. The van der Waals surface area contributed by atoms with Crippen molar-refractivity contribution in [3.63, 3.8) is 0 Å². The number of hydrogen-bond donors (Lipinski definition) is 0. The fourth-order valence-corrected chi connectivity index (χ4v) is 13.5. The summed E-state index contributed by atoms with van der Waals surface area (Å²) in [7, 11) is -2.01. The maximum Gasteiger partial charge on any atom is 0.113 e. The third-order valence-corrected chi connectivity index (χ3v) is 16.5. The topological polar surface area (TPSA) is 9.86 Å². The normalized spacial score (nSPS) is 13.8. The quantitative estimate of drug-likeness (QED) is 0.127. The Labute approximate surface area is 318 Å². The number of aromatic nitrogens is 2. The Bertz CT molecular complexity index is 3440. The average Bonchev–Trinajstić information content (AvgIpc) is 3.83. The molecule has 1 aliphatic rings. The molecule has 1 aliphatic heterocycles. The first-order valence-electron chi connectivity index (χ1n) is 19.3. The summed E-state index contributed by atoms with van der Waals surface area (Å²) < 4.78 is 4.94.